The van der Waals surface area contributed by atoms with Gasteiger partial charge in [-0.1, -0.05) is 38.1 Å². The van der Waals surface area contributed by atoms with E-state index < -0.39 is 17.9 Å². The van der Waals surface area contributed by atoms with Crippen molar-refractivity contribution in [3.05, 3.63) is 42.0 Å². The fraction of sp³-hybridized carbons (Fsp3) is 0.368. The normalized spacial score (nSPS) is 13.5. The van der Waals surface area contributed by atoms with Crippen molar-refractivity contribution in [1.29, 1.82) is 0 Å². The molecule has 24 heavy (non-hydrogen) atoms. The highest BCUT2D eigenvalue weighted by Gasteiger charge is 2.26. The van der Waals surface area contributed by atoms with Crippen LogP contribution in [0.15, 0.2) is 36.4 Å². The topological polar surface area (TPSA) is 75.6 Å². The van der Waals surface area contributed by atoms with Crippen molar-refractivity contribution in [2.75, 3.05) is 7.11 Å². The second-order valence-corrected chi connectivity index (χ2v) is 6.26. The van der Waals surface area contributed by atoms with Gasteiger partial charge in [-0.3, -0.25) is 4.79 Å². The summed E-state index contributed by atoms with van der Waals surface area (Å²) in [6.07, 6.45) is 0. The number of hydrogen-bond acceptors (Lipinski definition) is 3. The van der Waals surface area contributed by atoms with Gasteiger partial charge in [0.2, 0.25) is 5.91 Å². The molecule has 0 aliphatic carbocycles. The predicted molar refractivity (Wildman–Crippen MR) is 93.3 cm³/mol. The Balaban J connectivity index is 2.22. The molecule has 128 valence electrons. The van der Waals surface area contributed by atoms with Crippen LogP contribution in [0.25, 0.3) is 10.8 Å². The summed E-state index contributed by atoms with van der Waals surface area (Å²) in [4.78, 5) is 23.6. The van der Waals surface area contributed by atoms with Crippen LogP contribution < -0.4 is 10.1 Å². The minimum Gasteiger partial charge on any atom is -0.497 e. The molecule has 0 saturated carbocycles. The van der Waals surface area contributed by atoms with Gasteiger partial charge in [-0.15, -0.1) is 0 Å². The van der Waals surface area contributed by atoms with Crippen molar-refractivity contribution in [3.63, 3.8) is 0 Å². The van der Waals surface area contributed by atoms with Gasteiger partial charge >= 0.3 is 5.97 Å². The smallest absolute Gasteiger partial charge is 0.326 e. The van der Waals surface area contributed by atoms with Crippen LogP contribution in [-0.2, 0) is 9.59 Å². The van der Waals surface area contributed by atoms with Gasteiger partial charge in [-0.25, -0.2) is 4.79 Å². The van der Waals surface area contributed by atoms with Crippen molar-refractivity contribution >= 4 is 22.6 Å². The Morgan fingerprint density at radius 3 is 2.25 bits per heavy atom. The minimum absolute atomic E-state index is 0.178. The molecular weight excluding hydrogens is 306 g/mol. The Morgan fingerprint density at radius 1 is 1.04 bits per heavy atom. The van der Waals surface area contributed by atoms with Gasteiger partial charge in [0, 0.05) is 0 Å². The minimum atomic E-state index is -1.02. The zero-order chi connectivity index (χ0) is 17.9. The van der Waals surface area contributed by atoms with Crippen molar-refractivity contribution in [3.8, 4) is 5.75 Å². The Morgan fingerprint density at radius 2 is 1.67 bits per heavy atom. The molecule has 0 heterocycles. The third kappa shape index (κ3) is 3.85. The molecular formula is C19H23NO4. The second-order valence-electron chi connectivity index (χ2n) is 6.26. The molecule has 2 N–H and O–H groups in total. The molecule has 2 aromatic rings. The number of rotatable bonds is 6. The fourth-order valence-electron chi connectivity index (χ4n) is 2.58. The molecule has 0 unspecified atom stereocenters. The zero-order valence-electron chi connectivity index (χ0n) is 14.4. The number of aliphatic carboxylic acids is 1. The molecule has 0 radical (unpaired) electrons. The summed E-state index contributed by atoms with van der Waals surface area (Å²) in [6.45, 7) is 5.32. The van der Waals surface area contributed by atoms with Crippen LogP contribution >= 0.6 is 0 Å². The highest BCUT2D eigenvalue weighted by atomic mass is 16.5. The summed E-state index contributed by atoms with van der Waals surface area (Å²) in [7, 11) is 1.62. The average Bonchev–Trinajstić information content (AvgIpc) is 2.57. The van der Waals surface area contributed by atoms with Gasteiger partial charge in [-0.2, -0.15) is 0 Å². The van der Waals surface area contributed by atoms with Crippen LogP contribution in [0.5, 0.6) is 5.75 Å². The number of hydrogen-bond donors (Lipinski definition) is 2. The van der Waals surface area contributed by atoms with Crippen molar-refractivity contribution in [2.24, 2.45) is 5.92 Å². The number of carbonyl (C=O) groups is 2. The summed E-state index contributed by atoms with van der Waals surface area (Å²) in [5.74, 6) is -1.14. The number of benzene rings is 2. The Hall–Kier alpha value is -2.56. The van der Waals surface area contributed by atoms with Crippen LogP contribution in [0.1, 0.15) is 32.3 Å². The van der Waals surface area contributed by atoms with Crippen LogP contribution in [0, 0.1) is 5.92 Å². The quantitative estimate of drug-likeness (QED) is 0.853. The standard InChI is InChI=1S/C19H23NO4/c1-11(2)17(19(22)23)20-18(21)12(3)13-5-6-15-10-16(24-4)8-7-14(15)9-13/h5-12,17H,1-4H3,(H,20,21)(H,22,23)/t12-,17-/m0/s1. The first-order valence-electron chi connectivity index (χ1n) is 7.94. The van der Waals surface area contributed by atoms with E-state index in [1.165, 1.54) is 0 Å². The van der Waals surface area contributed by atoms with E-state index in [4.69, 9.17) is 4.74 Å². The Labute approximate surface area is 141 Å². The molecule has 0 aromatic heterocycles. The van der Waals surface area contributed by atoms with Crippen LogP contribution in [0.4, 0.5) is 0 Å². The third-order valence-corrected chi connectivity index (χ3v) is 4.20. The number of ether oxygens (including phenoxy) is 1. The number of fused-ring (bicyclic) bond motifs is 1. The molecule has 0 spiro atoms. The first kappa shape index (κ1) is 17.8. The summed E-state index contributed by atoms with van der Waals surface area (Å²) in [5, 5.41) is 13.9. The van der Waals surface area contributed by atoms with Crippen molar-refractivity contribution in [2.45, 2.75) is 32.7 Å². The van der Waals surface area contributed by atoms with E-state index in [9.17, 15) is 14.7 Å². The third-order valence-electron chi connectivity index (χ3n) is 4.20. The molecule has 5 heteroatoms. The van der Waals surface area contributed by atoms with E-state index >= 15 is 0 Å². The largest absolute Gasteiger partial charge is 0.497 e. The van der Waals surface area contributed by atoms with E-state index in [-0.39, 0.29) is 11.8 Å². The number of carboxylic acids is 1. The summed E-state index contributed by atoms with van der Waals surface area (Å²) < 4.78 is 5.21. The lowest BCUT2D eigenvalue weighted by Gasteiger charge is -2.21. The maximum Gasteiger partial charge on any atom is 0.326 e. The Kier molecular flexibility index (Phi) is 5.44. The van der Waals surface area contributed by atoms with Gasteiger partial charge in [-0.05, 0) is 41.3 Å². The lowest BCUT2D eigenvalue weighted by Crippen LogP contribution is -2.45. The lowest BCUT2D eigenvalue weighted by molar-refractivity contribution is -0.143. The summed E-state index contributed by atoms with van der Waals surface area (Å²) >= 11 is 0. The highest BCUT2D eigenvalue weighted by molar-refractivity contribution is 5.90. The maximum absolute atomic E-state index is 12.4. The fourth-order valence-corrected chi connectivity index (χ4v) is 2.58. The average molecular weight is 329 g/mol. The van der Waals surface area contributed by atoms with Crippen LogP contribution in [0.2, 0.25) is 0 Å². The number of nitrogens with one attached hydrogen (secondary N) is 1. The second kappa shape index (κ2) is 7.34. The first-order valence-corrected chi connectivity index (χ1v) is 7.94. The molecule has 0 saturated heterocycles. The Bertz CT molecular complexity index is 754. The van der Waals surface area contributed by atoms with Gasteiger partial charge in [0.25, 0.3) is 0 Å². The highest BCUT2D eigenvalue weighted by Crippen LogP contribution is 2.25. The van der Waals surface area contributed by atoms with E-state index in [1.807, 2.05) is 36.4 Å². The van der Waals surface area contributed by atoms with E-state index in [0.29, 0.717) is 0 Å². The summed E-state index contributed by atoms with van der Waals surface area (Å²) in [5.41, 5.74) is 0.845. The first-order chi connectivity index (χ1) is 11.3. The van der Waals surface area contributed by atoms with E-state index in [1.54, 1.807) is 27.9 Å². The molecule has 2 aromatic carbocycles. The molecule has 2 rings (SSSR count). The number of amides is 1. The molecule has 0 aliphatic rings. The molecule has 0 bridgehead atoms. The molecule has 0 fully saturated rings. The van der Waals surface area contributed by atoms with Gasteiger partial charge < -0.3 is 15.2 Å². The van der Waals surface area contributed by atoms with Gasteiger partial charge in [0.15, 0.2) is 0 Å². The lowest BCUT2D eigenvalue weighted by atomic mass is 9.96. The molecule has 5 nitrogen and oxygen atoms in total. The summed E-state index contributed by atoms with van der Waals surface area (Å²) in [6, 6.07) is 10.6. The van der Waals surface area contributed by atoms with Crippen LogP contribution in [0.3, 0.4) is 0 Å². The predicted octanol–water partition coefficient (Wildman–Crippen LogP) is 3.18. The van der Waals surface area contributed by atoms with Crippen molar-refractivity contribution in [1.82, 2.24) is 5.32 Å². The molecule has 2 atom stereocenters. The maximum atomic E-state index is 12.4. The monoisotopic (exact) mass is 329 g/mol. The molecule has 1 amide bonds. The van der Waals surface area contributed by atoms with Gasteiger partial charge in [0.05, 0.1) is 13.0 Å². The molecule has 0 aliphatic heterocycles. The number of methoxy groups -OCH3 is 1. The van der Waals surface area contributed by atoms with E-state index in [2.05, 4.69) is 5.32 Å². The SMILES string of the molecule is COc1ccc2cc([C@H](C)C(=O)N[C@H](C(=O)O)C(C)C)ccc2c1. The van der Waals surface area contributed by atoms with E-state index in [0.717, 1.165) is 22.1 Å². The van der Waals surface area contributed by atoms with Crippen molar-refractivity contribution < 1.29 is 19.4 Å². The number of carboxylic acid groups (broad SMARTS) is 1. The van der Waals surface area contributed by atoms with Gasteiger partial charge in [0.1, 0.15) is 11.8 Å². The zero-order valence-corrected chi connectivity index (χ0v) is 14.4. The number of carbonyl (C=O) groups excluding carboxylic acids is 1. The van der Waals surface area contributed by atoms with Crippen LogP contribution in [-0.4, -0.2) is 30.1 Å².